The highest BCUT2D eigenvalue weighted by Crippen LogP contribution is 2.25. The number of hydrogen-bond acceptors (Lipinski definition) is 4. The first-order chi connectivity index (χ1) is 14.5. The summed E-state index contributed by atoms with van der Waals surface area (Å²) in [6.07, 6.45) is 3.68. The van der Waals surface area contributed by atoms with Crippen LogP contribution in [0.5, 0.6) is 0 Å². The third-order valence-electron chi connectivity index (χ3n) is 5.52. The minimum atomic E-state index is -0.732. The summed E-state index contributed by atoms with van der Waals surface area (Å²) < 4.78 is 14.4. The number of halogens is 1. The summed E-state index contributed by atoms with van der Waals surface area (Å²) in [4.78, 5) is 31.8. The lowest BCUT2D eigenvalue weighted by molar-refractivity contribution is -0.129. The molecule has 4 rings (SSSR count). The number of benzene rings is 1. The number of fused-ring (bicyclic) bond motifs is 1. The van der Waals surface area contributed by atoms with Gasteiger partial charge in [0.25, 0.3) is 0 Å². The Bertz CT molecular complexity index is 1050. The van der Waals surface area contributed by atoms with Gasteiger partial charge in [0.1, 0.15) is 6.04 Å². The smallest absolute Gasteiger partial charge is 0.242 e. The van der Waals surface area contributed by atoms with Crippen molar-refractivity contribution in [3.05, 3.63) is 65.9 Å². The summed E-state index contributed by atoms with van der Waals surface area (Å²) in [5.74, 6) is -0.751. The molecule has 1 fully saturated rings. The zero-order valence-electron chi connectivity index (χ0n) is 16.6. The molecule has 1 aromatic carbocycles. The fourth-order valence-corrected chi connectivity index (χ4v) is 3.80. The highest BCUT2D eigenvalue weighted by Gasteiger charge is 2.31. The molecule has 0 saturated carbocycles. The normalized spacial score (nSPS) is 19.5. The van der Waals surface area contributed by atoms with E-state index in [4.69, 9.17) is 0 Å². The minimum Gasteiger partial charge on any atom is -0.354 e. The van der Waals surface area contributed by atoms with Crippen LogP contribution in [0.3, 0.4) is 0 Å². The number of aromatic nitrogens is 2. The van der Waals surface area contributed by atoms with Gasteiger partial charge < -0.3 is 20.9 Å². The van der Waals surface area contributed by atoms with Crippen molar-refractivity contribution in [3.63, 3.8) is 0 Å². The predicted molar refractivity (Wildman–Crippen MR) is 111 cm³/mol. The van der Waals surface area contributed by atoms with Crippen molar-refractivity contribution in [2.45, 2.75) is 37.9 Å². The fourth-order valence-electron chi connectivity index (χ4n) is 3.80. The molecule has 0 unspecified atom stereocenters. The Morgan fingerprint density at radius 1 is 1.27 bits per heavy atom. The molecule has 0 spiro atoms. The molecule has 0 aliphatic carbocycles. The van der Waals surface area contributed by atoms with E-state index in [2.05, 4.69) is 38.1 Å². The summed E-state index contributed by atoms with van der Waals surface area (Å²) in [7, 11) is 0. The zero-order chi connectivity index (χ0) is 21.1. The molecule has 156 valence electrons. The molecule has 2 aromatic heterocycles. The lowest BCUT2D eigenvalue weighted by atomic mass is 9.96. The number of H-pyrrole nitrogens is 1. The van der Waals surface area contributed by atoms with E-state index in [1.807, 2.05) is 18.2 Å². The summed E-state index contributed by atoms with van der Waals surface area (Å²) in [6.45, 7) is 2.33. The van der Waals surface area contributed by atoms with E-state index in [0.29, 0.717) is 17.3 Å². The summed E-state index contributed by atoms with van der Waals surface area (Å²) in [6, 6.07) is 10.7. The van der Waals surface area contributed by atoms with Crippen molar-refractivity contribution >= 4 is 22.7 Å². The molecule has 1 aliphatic heterocycles. The van der Waals surface area contributed by atoms with Crippen LogP contribution in [0.4, 0.5) is 4.39 Å². The largest absolute Gasteiger partial charge is 0.354 e. The maximum absolute atomic E-state index is 14.4. The molecule has 1 aliphatic rings. The second-order valence-electron chi connectivity index (χ2n) is 7.59. The SMILES string of the molecule is C[C@H](NC(=O)[C@H]1C[C@H](c2ccccc2)CN1)C(=O)NCc1[nH]c2ccncc2c1F. The van der Waals surface area contributed by atoms with Gasteiger partial charge in [0.05, 0.1) is 29.2 Å². The van der Waals surface area contributed by atoms with Crippen LogP contribution in [0.1, 0.15) is 30.5 Å². The highest BCUT2D eigenvalue weighted by atomic mass is 19.1. The number of amides is 2. The van der Waals surface area contributed by atoms with E-state index < -0.39 is 11.9 Å². The Morgan fingerprint density at radius 2 is 2.07 bits per heavy atom. The van der Waals surface area contributed by atoms with Crippen LogP contribution in [-0.4, -0.2) is 40.4 Å². The van der Waals surface area contributed by atoms with Crippen molar-refractivity contribution in [3.8, 4) is 0 Å². The fraction of sp³-hybridized carbons (Fsp3) is 0.318. The van der Waals surface area contributed by atoms with Gasteiger partial charge in [-0.25, -0.2) is 4.39 Å². The maximum Gasteiger partial charge on any atom is 0.242 e. The van der Waals surface area contributed by atoms with Gasteiger partial charge in [0.2, 0.25) is 11.8 Å². The molecule has 3 atom stereocenters. The first-order valence-corrected chi connectivity index (χ1v) is 9.99. The maximum atomic E-state index is 14.4. The number of rotatable bonds is 6. The van der Waals surface area contributed by atoms with Crippen LogP contribution in [0, 0.1) is 5.82 Å². The summed E-state index contributed by atoms with van der Waals surface area (Å²) in [5, 5.41) is 9.01. The van der Waals surface area contributed by atoms with Gasteiger partial charge in [-0.05, 0) is 30.9 Å². The quantitative estimate of drug-likeness (QED) is 0.500. The highest BCUT2D eigenvalue weighted by molar-refractivity contribution is 5.89. The number of pyridine rings is 1. The molecule has 2 amide bonds. The Balaban J connectivity index is 1.29. The lowest BCUT2D eigenvalue weighted by Crippen LogP contribution is -2.50. The number of carbonyl (C=O) groups excluding carboxylic acids is 2. The van der Waals surface area contributed by atoms with E-state index in [9.17, 15) is 14.0 Å². The predicted octanol–water partition coefficient (Wildman–Crippen LogP) is 1.97. The molecule has 3 aromatic rings. The van der Waals surface area contributed by atoms with Gasteiger partial charge in [-0.3, -0.25) is 14.6 Å². The van der Waals surface area contributed by atoms with E-state index in [1.165, 1.54) is 11.8 Å². The first-order valence-electron chi connectivity index (χ1n) is 9.99. The van der Waals surface area contributed by atoms with Crippen LogP contribution in [0.25, 0.3) is 10.9 Å². The third-order valence-corrected chi connectivity index (χ3v) is 5.52. The average Bonchev–Trinajstić information content (AvgIpc) is 3.38. The van der Waals surface area contributed by atoms with Gasteiger partial charge in [-0.1, -0.05) is 30.3 Å². The van der Waals surface area contributed by atoms with Gasteiger partial charge >= 0.3 is 0 Å². The number of hydrogen-bond donors (Lipinski definition) is 4. The number of nitrogens with one attached hydrogen (secondary N) is 4. The summed E-state index contributed by atoms with van der Waals surface area (Å²) in [5.41, 5.74) is 2.09. The monoisotopic (exact) mass is 409 g/mol. The number of aromatic amines is 1. The van der Waals surface area contributed by atoms with Crippen molar-refractivity contribution in [1.82, 2.24) is 25.9 Å². The van der Waals surface area contributed by atoms with Crippen LogP contribution in [0.15, 0.2) is 48.8 Å². The van der Waals surface area contributed by atoms with Crippen molar-refractivity contribution < 1.29 is 14.0 Å². The van der Waals surface area contributed by atoms with Crippen LogP contribution >= 0.6 is 0 Å². The van der Waals surface area contributed by atoms with Gasteiger partial charge in [0, 0.05) is 18.9 Å². The standard InChI is InChI=1S/C22H24FN5O2/c1-13(21(29)26-12-19-20(23)16-11-24-8-7-17(16)28-19)27-22(30)18-9-15(10-25-18)14-5-3-2-4-6-14/h2-8,11,13,15,18,25,28H,9-10,12H2,1H3,(H,26,29)(H,27,30)/t13-,15-,18+/m0/s1. The van der Waals surface area contributed by atoms with E-state index in [-0.39, 0.29) is 36.0 Å². The van der Waals surface area contributed by atoms with Crippen LogP contribution in [-0.2, 0) is 16.1 Å². The third kappa shape index (κ3) is 4.18. The van der Waals surface area contributed by atoms with Crippen molar-refractivity contribution in [2.24, 2.45) is 0 Å². The second kappa shape index (κ2) is 8.62. The van der Waals surface area contributed by atoms with E-state index in [1.54, 1.807) is 19.2 Å². The Hall–Kier alpha value is -3.26. The topological polar surface area (TPSA) is 98.9 Å². The van der Waals surface area contributed by atoms with Crippen LogP contribution in [0.2, 0.25) is 0 Å². The van der Waals surface area contributed by atoms with E-state index in [0.717, 1.165) is 6.54 Å². The molecule has 1 saturated heterocycles. The Labute approximate surface area is 173 Å². The molecular weight excluding hydrogens is 385 g/mol. The first kappa shape index (κ1) is 20.0. The Morgan fingerprint density at radius 3 is 2.83 bits per heavy atom. The van der Waals surface area contributed by atoms with Gasteiger partial charge in [-0.15, -0.1) is 0 Å². The molecule has 8 heteroatoms. The van der Waals surface area contributed by atoms with Gasteiger partial charge in [-0.2, -0.15) is 0 Å². The molecular formula is C22H24FN5O2. The average molecular weight is 409 g/mol. The second-order valence-corrected chi connectivity index (χ2v) is 7.59. The zero-order valence-corrected chi connectivity index (χ0v) is 16.6. The number of carbonyl (C=O) groups is 2. The molecule has 7 nitrogen and oxygen atoms in total. The van der Waals surface area contributed by atoms with Crippen molar-refractivity contribution in [1.29, 1.82) is 0 Å². The van der Waals surface area contributed by atoms with Crippen LogP contribution < -0.4 is 16.0 Å². The minimum absolute atomic E-state index is 0.00266. The molecule has 0 radical (unpaired) electrons. The van der Waals surface area contributed by atoms with Gasteiger partial charge in [0.15, 0.2) is 5.82 Å². The summed E-state index contributed by atoms with van der Waals surface area (Å²) >= 11 is 0. The van der Waals surface area contributed by atoms with E-state index >= 15 is 0 Å². The lowest BCUT2D eigenvalue weighted by Gasteiger charge is -2.17. The Kier molecular flexibility index (Phi) is 5.76. The molecule has 0 bridgehead atoms. The molecule has 3 heterocycles. The molecule has 30 heavy (non-hydrogen) atoms. The number of nitrogens with zero attached hydrogens (tertiary/aromatic N) is 1. The van der Waals surface area contributed by atoms with Crippen molar-refractivity contribution in [2.75, 3.05) is 6.54 Å². The molecule has 4 N–H and O–H groups in total.